The summed E-state index contributed by atoms with van der Waals surface area (Å²) in [5.74, 6) is -2.16. The molecule has 4 bridgehead atoms. The van der Waals surface area contributed by atoms with Crippen molar-refractivity contribution in [2.45, 2.75) is 100 Å². The molecular formula is C38H47N5O8S. The van der Waals surface area contributed by atoms with E-state index in [4.69, 9.17) is 9.47 Å². The van der Waals surface area contributed by atoms with Gasteiger partial charge in [0.1, 0.15) is 23.7 Å². The summed E-state index contributed by atoms with van der Waals surface area (Å²) in [6.45, 7) is 5.95. The topological polar surface area (TPSA) is 173 Å². The first-order valence-electron chi connectivity index (χ1n) is 18.4. The Morgan fingerprint density at radius 3 is 2.63 bits per heavy atom. The zero-order chi connectivity index (χ0) is 36.6. The molecule has 1 aromatic heterocycles. The number of hydrogen-bond acceptors (Lipinski definition) is 9. The van der Waals surface area contributed by atoms with Crippen molar-refractivity contribution in [3.05, 3.63) is 54.8 Å². The number of carbonyl (C=O) groups is 4. The van der Waals surface area contributed by atoms with Gasteiger partial charge in [-0.25, -0.2) is 18.2 Å². The second-order valence-electron chi connectivity index (χ2n) is 15.1. The zero-order valence-electron chi connectivity index (χ0n) is 29.4. The Hall–Kier alpha value is -4.46. The van der Waals surface area contributed by atoms with E-state index in [0.29, 0.717) is 25.1 Å². The second-order valence-corrected chi connectivity index (χ2v) is 17.1. The highest BCUT2D eigenvalue weighted by atomic mass is 32.2. The lowest BCUT2D eigenvalue weighted by molar-refractivity contribution is -0.142. The number of ether oxygens (including phenoxy) is 2. The molecule has 52 heavy (non-hydrogen) atoms. The lowest BCUT2D eigenvalue weighted by Crippen LogP contribution is -2.59. The number of cyclic esters (lactones) is 1. The Morgan fingerprint density at radius 1 is 1.12 bits per heavy atom. The number of nitrogens with zero attached hydrogens (tertiary/aromatic N) is 2. The largest absolute Gasteiger partial charge is 0.472 e. The molecule has 3 N–H and O–H groups in total. The van der Waals surface area contributed by atoms with Crippen LogP contribution in [0.4, 0.5) is 4.79 Å². The number of hydrogen-bond donors (Lipinski definition) is 3. The fraction of sp³-hybridized carbons (Fsp3) is 0.553. The average molecular weight is 734 g/mol. The van der Waals surface area contributed by atoms with Crippen molar-refractivity contribution in [2.75, 3.05) is 13.2 Å². The number of pyridine rings is 1. The number of sulfonamides is 1. The summed E-state index contributed by atoms with van der Waals surface area (Å²) in [7, 11) is -3.88. The van der Waals surface area contributed by atoms with E-state index in [0.717, 1.165) is 48.4 Å². The van der Waals surface area contributed by atoms with Crippen LogP contribution >= 0.6 is 0 Å². The molecule has 2 aromatic rings. The summed E-state index contributed by atoms with van der Waals surface area (Å²) in [5, 5.41) is 6.76. The van der Waals surface area contributed by atoms with Gasteiger partial charge in [-0.2, -0.15) is 0 Å². The second kappa shape index (κ2) is 14.5. The van der Waals surface area contributed by atoms with E-state index in [-0.39, 0.29) is 37.8 Å². The van der Waals surface area contributed by atoms with Gasteiger partial charge in [0.25, 0.3) is 5.91 Å². The Labute approximate surface area is 304 Å². The smallest absolute Gasteiger partial charge is 0.407 e. The van der Waals surface area contributed by atoms with Gasteiger partial charge in [0.05, 0.1) is 18.4 Å². The lowest BCUT2D eigenvalue weighted by atomic mass is 9.83. The van der Waals surface area contributed by atoms with E-state index in [1.165, 1.54) is 11.0 Å². The number of benzene rings is 1. The molecule has 3 heterocycles. The van der Waals surface area contributed by atoms with E-state index in [1.807, 2.05) is 43.3 Å². The van der Waals surface area contributed by atoms with Gasteiger partial charge in [-0.15, -0.1) is 6.58 Å². The molecule has 7 rings (SSSR count). The van der Waals surface area contributed by atoms with E-state index < -0.39 is 68.7 Å². The van der Waals surface area contributed by atoms with E-state index >= 15 is 0 Å². The quantitative estimate of drug-likeness (QED) is 0.356. The standard InChI is InChI=1S/C38H47N5O8S/c1-3-27-20-38(27,36(46)42-52(48,49)29-14-15-29)41-33(44)31-19-28-21-43(31)35(45)32(26-10-5-4-6-11-26)40-37(47)50-22-23(2)8-7-9-24-12-13-25-16-17-39-34(51-28)30(25)18-24/h3,7,9,12-13,16-18,23,26-29,31-32H,1,4-6,8,10-11,14-15,19-22H2,2H3,(H,40,47)(H,41,44)(H,42,46)/b9-7+/t23-,27?,28+,31-,32-,38+/m0/s1. The van der Waals surface area contributed by atoms with Gasteiger partial charge in [0.15, 0.2) is 0 Å². The van der Waals surface area contributed by atoms with Crippen LogP contribution in [0.25, 0.3) is 16.8 Å². The summed E-state index contributed by atoms with van der Waals surface area (Å²) in [6.07, 6.45) is 12.0. The van der Waals surface area contributed by atoms with Crippen molar-refractivity contribution in [3.8, 4) is 5.88 Å². The van der Waals surface area contributed by atoms with Crippen LogP contribution in [0.15, 0.2) is 49.2 Å². The van der Waals surface area contributed by atoms with Gasteiger partial charge in [0, 0.05) is 23.9 Å². The molecule has 4 amide bonds. The predicted molar refractivity (Wildman–Crippen MR) is 193 cm³/mol. The highest BCUT2D eigenvalue weighted by molar-refractivity contribution is 7.91. The van der Waals surface area contributed by atoms with Crippen molar-refractivity contribution in [3.63, 3.8) is 0 Å². The number of carbonyl (C=O) groups excluding carboxylic acids is 4. The molecular weight excluding hydrogens is 687 g/mol. The van der Waals surface area contributed by atoms with E-state index in [2.05, 4.69) is 26.9 Å². The fourth-order valence-corrected chi connectivity index (χ4v) is 9.19. The number of alkyl carbamates (subject to hydrolysis) is 1. The SMILES string of the molecule is C=CC1C[C@]1(NC(=O)[C@@H]1C[C@@H]2CN1C(=O)[C@H](C1CCCCC1)NC(=O)OC[C@@H](C)C/C=C/c1ccc3ccnc(c3c1)O2)C(=O)NS(=O)(=O)C1CC1. The van der Waals surface area contributed by atoms with Crippen LogP contribution in [0.3, 0.4) is 0 Å². The van der Waals surface area contributed by atoms with Crippen molar-refractivity contribution in [1.29, 1.82) is 0 Å². The van der Waals surface area contributed by atoms with Crippen LogP contribution in [0.1, 0.15) is 76.7 Å². The Kier molecular flexibility index (Phi) is 10.0. The maximum absolute atomic E-state index is 14.7. The normalized spacial score (nSPS) is 30.6. The molecule has 14 heteroatoms. The van der Waals surface area contributed by atoms with Crippen LogP contribution in [0.5, 0.6) is 5.88 Å². The molecule has 3 saturated carbocycles. The van der Waals surface area contributed by atoms with Crippen LogP contribution < -0.4 is 20.1 Å². The number of allylic oxidation sites excluding steroid dienone is 1. The van der Waals surface area contributed by atoms with E-state index in [1.54, 1.807) is 6.20 Å². The van der Waals surface area contributed by atoms with Gasteiger partial charge in [-0.1, -0.05) is 56.5 Å². The molecule has 2 aliphatic heterocycles. The minimum atomic E-state index is -3.88. The lowest BCUT2D eigenvalue weighted by Gasteiger charge is -2.34. The number of amides is 4. The molecule has 3 aliphatic carbocycles. The first-order chi connectivity index (χ1) is 25.0. The summed E-state index contributed by atoms with van der Waals surface area (Å²) >= 11 is 0. The molecule has 278 valence electrons. The molecule has 0 spiro atoms. The van der Waals surface area contributed by atoms with Gasteiger partial charge in [0.2, 0.25) is 27.7 Å². The third kappa shape index (κ3) is 7.53. The summed E-state index contributed by atoms with van der Waals surface area (Å²) in [6, 6.07) is 5.80. The van der Waals surface area contributed by atoms with Gasteiger partial charge in [-0.05, 0) is 73.4 Å². The molecule has 5 aliphatic rings. The molecule has 1 saturated heterocycles. The first-order valence-corrected chi connectivity index (χ1v) is 20.0. The van der Waals surface area contributed by atoms with Gasteiger partial charge in [-0.3, -0.25) is 19.1 Å². The van der Waals surface area contributed by atoms with Crippen molar-refractivity contribution in [2.24, 2.45) is 17.8 Å². The number of rotatable bonds is 7. The number of aromatic nitrogens is 1. The number of nitrogens with one attached hydrogen (secondary N) is 3. The maximum atomic E-state index is 14.7. The first kappa shape index (κ1) is 35.9. The molecule has 4 fully saturated rings. The summed E-state index contributed by atoms with van der Waals surface area (Å²) < 4.78 is 39.7. The third-order valence-electron chi connectivity index (χ3n) is 11.1. The van der Waals surface area contributed by atoms with Crippen molar-refractivity contribution < 1.29 is 37.1 Å². The summed E-state index contributed by atoms with van der Waals surface area (Å²) in [5.41, 5.74) is -0.592. The van der Waals surface area contributed by atoms with E-state index in [9.17, 15) is 27.6 Å². The molecule has 1 unspecified atom stereocenters. The predicted octanol–water partition coefficient (Wildman–Crippen LogP) is 3.98. The average Bonchev–Trinajstić information content (AvgIpc) is 4.06. The monoisotopic (exact) mass is 733 g/mol. The van der Waals surface area contributed by atoms with Crippen LogP contribution in [0.2, 0.25) is 0 Å². The van der Waals surface area contributed by atoms with Gasteiger partial charge >= 0.3 is 6.09 Å². The minimum Gasteiger partial charge on any atom is -0.472 e. The third-order valence-corrected chi connectivity index (χ3v) is 13.0. The molecule has 1 aromatic carbocycles. The molecule has 6 atom stereocenters. The highest BCUT2D eigenvalue weighted by Gasteiger charge is 2.62. The number of fused-ring (bicyclic) bond motifs is 3. The Balaban J connectivity index is 1.22. The fourth-order valence-electron chi connectivity index (χ4n) is 7.83. The van der Waals surface area contributed by atoms with Crippen LogP contribution in [-0.2, 0) is 29.1 Å². The van der Waals surface area contributed by atoms with Gasteiger partial charge < -0.3 is 25.0 Å². The van der Waals surface area contributed by atoms with Crippen LogP contribution in [-0.4, -0.2) is 84.2 Å². The Morgan fingerprint density at radius 2 is 1.90 bits per heavy atom. The summed E-state index contributed by atoms with van der Waals surface area (Å²) in [4.78, 5) is 61.7. The minimum absolute atomic E-state index is 0.0174. The zero-order valence-corrected chi connectivity index (χ0v) is 30.2. The Bertz CT molecular complexity index is 1890. The molecule has 0 radical (unpaired) electrons. The maximum Gasteiger partial charge on any atom is 0.407 e. The van der Waals surface area contributed by atoms with Crippen molar-refractivity contribution in [1.82, 2.24) is 25.2 Å². The van der Waals surface area contributed by atoms with Crippen molar-refractivity contribution >= 4 is 50.7 Å². The van der Waals surface area contributed by atoms with Crippen LogP contribution in [0, 0.1) is 17.8 Å². The highest BCUT2D eigenvalue weighted by Crippen LogP contribution is 2.45. The molecule has 13 nitrogen and oxygen atoms in total.